The van der Waals surface area contributed by atoms with Crippen LogP contribution in [0.5, 0.6) is 0 Å². The summed E-state index contributed by atoms with van der Waals surface area (Å²) in [5, 5.41) is 12.7. The highest BCUT2D eigenvalue weighted by molar-refractivity contribution is 5.78. The van der Waals surface area contributed by atoms with Crippen molar-refractivity contribution in [2.24, 2.45) is 11.3 Å². The molecule has 0 unspecified atom stereocenters. The van der Waals surface area contributed by atoms with Crippen LogP contribution in [0.15, 0.2) is 0 Å². The van der Waals surface area contributed by atoms with Crippen LogP contribution < -0.4 is 5.32 Å². The first kappa shape index (κ1) is 9.60. The molecular formula is C11H17NO3. The molecule has 2 atom stereocenters. The molecule has 0 spiro atoms. The fourth-order valence-electron chi connectivity index (χ4n) is 2.48. The topological polar surface area (TPSA) is 58.6 Å². The van der Waals surface area contributed by atoms with Gasteiger partial charge in [-0.15, -0.1) is 0 Å². The Labute approximate surface area is 89.0 Å². The number of cyclic esters (lactones) is 1. The van der Waals surface area contributed by atoms with Crippen LogP contribution in [0.25, 0.3) is 0 Å². The summed E-state index contributed by atoms with van der Waals surface area (Å²) in [6.07, 6.45) is 4.36. The number of carbonyl (C=O) groups is 1. The Hall–Kier alpha value is -0.610. The van der Waals surface area contributed by atoms with Crippen molar-refractivity contribution in [2.75, 3.05) is 13.2 Å². The number of ether oxygens (including phenoxy) is 1. The van der Waals surface area contributed by atoms with Crippen LogP contribution in [-0.2, 0) is 9.53 Å². The molecule has 15 heavy (non-hydrogen) atoms. The zero-order chi connectivity index (χ0) is 10.5. The standard InChI is InChI=1S/C11H17NO3/c13-6-11(3-4-11)9-10(14)15-5-8(12-9)7-1-2-7/h7-9,12-13H,1-6H2/t8-,9+/m0/s1. The summed E-state index contributed by atoms with van der Waals surface area (Å²) in [6.45, 7) is 0.610. The van der Waals surface area contributed by atoms with Crippen molar-refractivity contribution >= 4 is 5.97 Å². The summed E-state index contributed by atoms with van der Waals surface area (Å²) >= 11 is 0. The van der Waals surface area contributed by atoms with Crippen molar-refractivity contribution in [3.63, 3.8) is 0 Å². The summed E-state index contributed by atoms with van der Waals surface area (Å²) in [7, 11) is 0. The summed E-state index contributed by atoms with van der Waals surface area (Å²) in [5.41, 5.74) is -0.204. The van der Waals surface area contributed by atoms with Gasteiger partial charge in [-0.25, -0.2) is 0 Å². The molecule has 3 fully saturated rings. The van der Waals surface area contributed by atoms with Gasteiger partial charge in [0.05, 0.1) is 6.61 Å². The number of hydrogen-bond acceptors (Lipinski definition) is 4. The Kier molecular flexibility index (Phi) is 2.04. The zero-order valence-electron chi connectivity index (χ0n) is 8.74. The largest absolute Gasteiger partial charge is 0.463 e. The fourth-order valence-corrected chi connectivity index (χ4v) is 2.48. The lowest BCUT2D eigenvalue weighted by Crippen LogP contribution is -2.57. The highest BCUT2D eigenvalue weighted by Gasteiger charge is 2.55. The molecular weight excluding hydrogens is 194 g/mol. The van der Waals surface area contributed by atoms with Gasteiger partial charge in [-0.2, -0.15) is 0 Å². The fraction of sp³-hybridized carbons (Fsp3) is 0.909. The first-order valence-electron chi connectivity index (χ1n) is 5.79. The summed E-state index contributed by atoms with van der Waals surface area (Å²) in [6, 6.07) is 0.0681. The maximum atomic E-state index is 11.6. The molecule has 4 nitrogen and oxygen atoms in total. The summed E-state index contributed by atoms with van der Waals surface area (Å²) in [4.78, 5) is 11.6. The van der Waals surface area contributed by atoms with Gasteiger partial charge < -0.3 is 9.84 Å². The van der Waals surface area contributed by atoms with Gasteiger partial charge in [-0.1, -0.05) is 0 Å². The van der Waals surface area contributed by atoms with Crippen molar-refractivity contribution in [2.45, 2.75) is 37.8 Å². The van der Waals surface area contributed by atoms with Crippen LogP contribution in [0.4, 0.5) is 0 Å². The lowest BCUT2D eigenvalue weighted by Gasteiger charge is -2.34. The SMILES string of the molecule is O=C1OC[C@@H](C2CC2)N[C@H]1C1(CO)CC1. The molecule has 2 N–H and O–H groups in total. The molecule has 0 aromatic heterocycles. The molecule has 1 aliphatic heterocycles. The van der Waals surface area contributed by atoms with Crippen molar-refractivity contribution in [1.29, 1.82) is 0 Å². The maximum absolute atomic E-state index is 11.6. The number of morpholine rings is 1. The van der Waals surface area contributed by atoms with Crippen LogP contribution in [-0.4, -0.2) is 36.4 Å². The molecule has 2 aliphatic carbocycles. The van der Waals surface area contributed by atoms with Gasteiger partial charge in [0.25, 0.3) is 0 Å². The lowest BCUT2D eigenvalue weighted by molar-refractivity contribution is -0.155. The van der Waals surface area contributed by atoms with Crippen molar-refractivity contribution in [3.05, 3.63) is 0 Å². The first-order valence-corrected chi connectivity index (χ1v) is 5.79. The number of aliphatic hydroxyl groups is 1. The molecule has 3 aliphatic rings. The van der Waals surface area contributed by atoms with Gasteiger partial charge in [0.1, 0.15) is 12.6 Å². The highest BCUT2D eigenvalue weighted by Crippen LogP contribution is 2.50. The summed E-state index contributed by atoms with van der Waals surface area (Å²) in [5.74, 6) is 0.522. The lowest BCUT2D eigenvalue weighted by atomic mass is 9.94. The van der Waals surface area contributed by atoms with Gasteiger partial charge in [0.2, 0.25) is 0 Å². The highest BCUT2D eigenvalue weighted by atomic mass is 16.5. The Morgan fingerprint density at radius 3 is 2.73 bits per heavy atom. The third kappa shape index (κ3) is 1.56. The van der Waals surface area contributed by atoms with Crippen molar-refractivity contribution < 1.29 is 14.6 Å². The molecule has 84 valence electrons. The maximum Gasteiger partial charge on any atom is 0.323 e. The van der Waals surface area contributed by atoms with Crippen LogP contribution in [0.1, 0.15) is 25.7 Å². The quantitative estimate of drug-likeness (QED) is 0.648. The Bertz CT molecular complexity index is 284. The van der Waals surface area contributed by atoms with Crippen LogP contribution in [0.2, 0.25) is 0 Å². The minimum absolute atomic E-state index is 0.0944. The van der Waals surface area contributed by atoms with E-state index >= 15 is 0 Å². The smallest absolute Gasteiger partial charge is 0.323 e. The van der Waals surface area contributed by atoms with Gasteiger partial charge in [-0.3, -0.25) is 10.1 Å². The van der Waals surface area contributed by atoms with E-state index in [4.69, 9.17) is 4.74 Å². The van der Waals surface area contributed by atoms with E-state index in [-0.39, 0.29) is 24.0 Å². The molecule has 1 saturated heterocycles. The molecule has 1 heterocycles. The summed E-state index contributed by atoms with van der Waals surface area (Å²) < 4.78 is 5.22. The van der Waals surface area contributed by atoms with E-state index in [2.05, 4.69) is 5.32 Å². The van der Waals surface area contributed by atoms with Gasteiger partial charge in [-0.05, 0) is 31.6 Å². The molecule has 3 rings (SSSR count). The molecule has 0 amide bonds. The average Bonchev–Trinajstić information content (AvgIpc) is 3.13. The van der Waals surface area contributed by atoms with E-state index < -0.39 is 0 Å². The Morgan fingerprint density at radius 2 is 2.20 bits per heavy atom. The minimum atomic E-state index is -0.262. The average molecular weight is 211 g/mol. The normalized spacial score (nSPS) is 38.6. The third-order valence-corrected chi connectivity index (χ3v) is 4.03. The van der Waals surface area contributed by atoms with Crippen molar-refractivity contribution in [1.82, 2.24) is 5.32 Å². The predicted molar refractivity (Wildman–Crippen MR) is 53.1 cm³/mol. The van der Waals surface area contributed by atoms with Crippen molar-refractivity contribution in [3.8, 4) is 0 Å². The number of esters is 1. The second kappa shape index (κ2) is 3.19. The van der Waals surface area contributed by atoms with Gasteiger partial charge in [0, 0.05) is 11.5 Å². The molecule has 0 radical (unpaired) electrons. The van der Waals surface area contributed by atoms with E-state index in [0.29, 0.717) is 18.6 Å². The molecule has 0 bridgehead atoms. The van der Waals surface area contributed by atoms with Crippen LogP contribution >= 0.6 is 0 Å². The predicted octanol–water partition coefficient (Wildman–Crippen LogP) is 0.0525. The van der Waals surface area contributed by atoms with Crippen LogP contribution in [0.3, 0.4) is 0 Å². The molecule has 4 heteroatoms. The Morgan fingerprint density at radius 1 is 1.47 bits per heavy atom. The van der Waals surface area contributed by atoms with E-state index in [1.165, 1.54) is 12.8 Å². The number of nitrogens with one attached hydrogen (secondary N) is 1. The second-order valence-corrected chi connectivity index (χ2v) is 5.19. The van der Waals surface area contributed by atoms with Gasteiger partial charge in [0.15, 0.2) is 0 Å². The molecule has 2 saturated carbocycles. The van der Waals surface area contributed by atoms with E-state index in [1.54, 1.807) is 0 Å². The molecule has 0 aromatic carbocycles. The number of aliphatic hydroxyl groups excluding tert-OH is 1. The van der Waals surface area contributed by atoms with Gasteiger partial charge >= 0.3 is 5.97 Å². The van der Waals surface area contributed by atoms with E-state index in [9.17, 15) is 9.90 Å². The van der Waals surface area contributed by atoms with Crippen LogP contribution in [0, 0.1) is 11.3 Å². The van der Waals surface area contributed by atoms with E-state index in [0.717, 1.165) is 12.8 Å². The number of rotatable bonds is 3. The van der Waals surface area contributed by atoms with E-state index in [1.807, 2.05) is 0 Å². The monoisotopic (exact) mass is 211 g/mol. The minimum Gasteiger partial charge on any atom is -0.463 e. The first-order chi connectivity index (χ1) is 7.25. The zero-order valence-corrected chi connectivity index (χ0v) is 8.74. The Balaban J connectivity index is 1.71. The third-order valence-electron chi connectivity index (χ3n) is 4.03. The number of hydrogen-bond donors (Lipinski definition) is 2. The second-order valence-electron chi connectivity index (χ2n) is 5.19. The number of carbonyl (C=O) groups excluding carboxylic acids is 1. The molecule has 0 aromatic rings.